The minimum atomic E-state index is 0.0144. The number of aromatic nitrogens is 2. The minimum Gasteiger partial charge on any atom is -0.348 e. The van der Waals surface area contributed by atoms with Gasteiger partial charge in [-0.3, -0.25) is 4.79 Å². The fraction of sp³-hybridized carbons (Fsp3) is 0.167. The number of carbonyl (C=O) groups is 1. The lowest BCUT2D eigenvalue weighted by Gasteiger charge is -2.02. The zero-order chi connectivity index (χ0) is 11.5. The first-order valence-electron chi connectivity index (χ1n) is 4.94. The van der Waals surface area contributed by atoms with Gasteiger partial charge in [-0.05, 0) is 30.7 Å². The van der Waals surface area contributed by atoms with Gasteiger partial charge in [0.15, 0.2) is 5.78 Å². The number of hydrogen-bond acceptors (Lipinski definition) is 2. The summed E-state index contributed by atoms with van der Waals surface area (Å²) in [6.07, 6.45) is 3.60. The number of aromatic amines is 1. The maximum absolute atomic E-state index is 11.9. The van der Waals surface area contributed by atoms with Gasteiger partial charge in [-0.2, -0.15) is 0 Å². The van der Waals surface area contributed by atoms with Crippen LogP contribution in [0.5, 0.6) is 0 Å². The number of aryl methyl sites for hydroxylation is 1. The third kappa shape index (κ3) is 2.49. The topological polar surface area (TPSA) is 45.8 Å². The highest BCUT2D eigenvalue weighted by molar-refractivity contribution is 6.31. The molecule has 0 radical (unpaired) electrons. The molecule has 0 saturated heterocycles. The highest BCUT2D eigenvalue weighted by atomic mass is 35.5. The molecule has 16 heavy (non-hydrogen) atoms. The summed E-state index contributed by atoms with van der Waals surface area (Å²) in [7, 11) is 0. The molecule has 0 bridgehead atoms. The van der Waals surface area contributed by atoms with E-state index in [4.69, 9.17) is 11.6 Å². The minimum absolute atomic E-state index is 0.0144. The van der Waals surface area contributed by atoms with Crippen LogP contribution in [0.25, 0.3) is 0 Å². The Labute approximate surface area is 98.5 Å². The van der Waals surface area contributed by atoms with Gasteiger partial charge in [-0.15, -0.1) is 0 Å². The van der Waals surface area contributed by atoms with E-state index in [9.17, 15) is 4.79 Å². The largest absolute Gasteiger partial charge is 0.348 e. The second-order valence-electron chi connectivity index (χ2n) is 3.65. The third-order valence-corrected chi connectivity index (χ3v) is 2.47. The Balaban J connectivity index is 2.21. The van der Waals surface area contributed by atoms with Crippen LogP contribution in [0.4, 0.5) is 0 Å². The average molecular weight is 235 g/mol. The quantitative estimate of drug-likeness (QED) is 0.830. The first-order chi connectivity index (χ1) is 7.65. The molecule has 82 valence electrons. The number of hydrogen-bond donors (Lipinski definition) is 1. The Bertz CT molecular complexity index is 485. The molecule has 4 heteroatoms. The van der Waals surface area contributed by atoms with Gasteiger partial charge in [-0.1, -0.05) is 11.6 Å². The van der Waals surface area contributed by atoms with Gasteiger partial charge in [0.2, 0.25) is 0 Å². The second kappa shape index (κ2) is 4.49. The molecule has 1 N–H and O–H groups in total. The van der Waals surface area contributed by atoms with Crippen molar-refractivity contribution in [3.8, 4) is 0 Å². The standard InChI is InChI=1S/C12H11ClN2O/c1-8-4-9(6-10(13)5-8)11(16)7-12-14-2-3-15-12/h2-6H,7H2,1H3,(H,14,15). The molecule has 2 aromatic rings. The molecule has 0 amide bonds. The van der Waals surface area contributed by atoms with Crippen LogP contribution in [0.15, 0.2) is 30.6 Å². The van der Waals surface area contributed by atoms with E-state index in [1.165, 1.54) is 0 Å². The third-order valence-electron chi connectivity index (χ3n) is 2.25. The van der Waals surface area contributed by atoms with E-state index in [2.05, 4.69) is 9.97 Å². The Morgan fingerprint density at radius 1 is 1.44 bits per heavy atom. The van der Waals surface area contributed by atoms with E-state index < -0.39 is 0 Å². The van der Waals surface area contributed by atoms with E-state index >= 15 is 0 Å². The van der Waals surface area contributed by atoms with Crippen molar-refractivity contribution in [2.24, 2.45) is 0 Å². The number of rotatable bonds is 3. The molecule has 0 atom stereocenters. The molecule has 0 aliphatic carbocycles. The number of nitrogens with one attached hydrogen (secondary N) is 1. The molecule has 1 heterocycles. The van der Waals surface area contributed by atoms with Crippen molar-refractivity contribution in [3.63, 3.8) is 0 Å². The Morgan fingerprint density at radius 3 is 2.88 bits per heavy atom. The average Bonchev–Trinajstić information content (AvgIpc) is 2.68. The molecule has 0 fully saturated rings. The summed E-state index contributed by atoms with van der Waals surface area (Å²) in [4.78, 5) is 18.8. The molecule has 0 spiro atoms. The Kier molecular flexibility index (Phi) is 3.06. The van der Waals surface area contributed by atoms with Crippen LogP contribution in [0.2, 0.25) is 5.02 Å². The predicted molar refractivity (Wildman–Crippen MR) is 62.8 cm³/mol. The molecule has 1 aromatic heterocycles. The number of carbonyl (C=O) groups excluding carboxylic acids is 1. The van der Waals surface area contributed by atoms with Gasteiger partial charge < -0.3 is 4.98 Å². The van der Waals surface area contributed by atoms with Gasteiger partial charge in [0.25, 0.3) is 0 Å². The van der Waals surface area contributed by atoms with Crippen molar-refractivity contribution in [2.45, 2.75) is 13.3 Å². The fourth-order valence-electron chi connectivity index (χ4n) is 1.55. The van der Waals surface area contributed by atoms with Gasteiger partial charge in [0, 0.05) is 23.0 Å². The van der Waals surface area contributed by atoms with Crippen LogP contribution < -0.4 is 0 Å². The summed E-state index contributed by atoms with van der Waals surface area (Å²) in [5.74, 6) is 0.683. The molecule has 3 nitrogen and oxygen atoms in total. The lowest BCUT2D eigenvalue weighted by Crippen LogP contribution is -2.05. The van der Waals surface area contributed by atoms with Crippen LogP contribution >= 0.6 is 11.6 Å². The number of imidazole rings is 1. The van der Waals surface area contributed by atoms with E-state index in [0.29, 0.717) is 16.4 Å². The molecule has 2 rings (SSSR count). The maximum Gasteiger partial charge on any atom is 0.170 e. The zero-order valence-electron chi connectivity index (χ0n) is 8.83. The van der Waals surface area contributed by atoms with Crippen molar-refractivity contribution in [1.29, 1.82) is 0 Å². The summed E-state index contributed by atoms with van der Waals surface area (Å²) in [6.45, 7) is 1.91. The molecular formula is C12H11ClN2O. The van der Waals surface area contributed by atoms with E-state index in [-0.39, 0.29) is 12.2 Å². The zero-order valence-corrected chi connectivity index (χ0v) is 9.58. The lowest BCUT2D eigenvalue weighted by molar-refractivity contribution is 0.0991. The van der Waals surface area contributed by atoms with Crippen molar-refractivity contribution in [2.75, 3.05) is 0 Å². The highest BCUT2D eigenvalue weighted by Gasteiger charge is 2.09. The van der Waals surface area contributed by atoms with E-state index in [1.54, 1.807) is 18.5 Å². The normalized spacial score (nSPS) is 10.4. The summed E-state index contributed by atoms with van der Waals surface area (Å²) >= 11 is 5.90. The maximum atomic E-state index is 11.9. The number of halogens is 1. The van der Waals surface area contributed by atoms with Crippen LogP contribution in [0.1, 0.15) is 21.7 Å². The number of H-pyrrole nitrogens is 1. The van der Waals surface area contributed by atoms with Crippen molar-refractivity contribution in [3.05, 3.63) is 52.6 Å². The van der Waals surface area contributed by atoms with Gasteiger partial charge in [0.05, 0.1) is 6.42 Å². The number of benzene rings is 1. The molecular weight excluding hydrogens is 224 g/mol. The SMILES string of the molecule is Cc1cc(Cl)cc(C(=O)Cc2ncc[nH]2)c1. The second-order valence-corrected chi connectivity index (χ2v) is 4.09. The van der Waals surface area contributed by atoms with Crippen LogP contribution in [0, 0.1) is 6.92 Å². The summed E-state index contributed by atoms with van der Waals surface area (Å²) in [6, 6.07) is 5.34. The summed E-state index contributed by atoms with van der Waals surface area (Å²) in [5.41, 5.74) is 1.61. The molecule has 0 aliphatic heterocycles. The number of nitrogens with zero attached hydrogens (tertiary/aromatic N) is 1. The van der Waals surface area contributed by atoms with Crippen molar-refractivity contribution >= 4 is 17.4 Å². The van der Waals surface area contributed by atoms with Crippen LogP contribution in [-0.2, 0) is 6.42 Å². The molecule has 1 aromatic carbocycles. The Morgan fingerprint density at radius 2 is 2.25 bits per heavy atom. The summed E-state index contributed by atoms with van der Waals surface area (Å²) in [5, 5.41) is 0.586. The number of Topliss-reactive ketones (excluding diaryl/α,β-unsaturated/α-hetero) is 1. The summed E-state index contributed by atoms with van der Waals surface area (Å²) < 4.78 is 0. The van der Waals surface area contributed by atoms with Crippen LogP contribution in [0.3, 0.4) is 0 Å². The van der Waals surface area contributed by atoms with Crippen LogP contribution in [-0.4, -0.2) is 15.8 Å². The van der Waals surface area contributed by atoms with E-state index in [0.717, 1.165) is 5.56 Å². The predicted octanol–water partition coefficient (Wildman–Crippen LogP) is 2.80. The monoisotopic (exact) mass is 234 g/mol. The molecule has 0 saturated carbocycles. The first-order valence-corrected chi connectivity index (χ1v) is 5.31. The van der Waals surface area contributed by atoms with Crippen molar-refractivity contribution in [1.82, 2.24) is 9.97 Å². The highest BCUT2D eigenvalue weighted by Crippen LogP contribution is 2.15. The fourth-order valence-corrected chi connectivity index (χ4v) is 1.84. The molecule has 0 unspecified atom stereocenters. The van der Waals surface area contributed by atoms with Gasteiger partial charge >= 0.3 is 0 Å². The van der Waals surface area contributed by atoms with Gasteiger partial charge in [0.1, 0.15) is 5.82 Å². The molecule has 0 aliphatic rings. The van der Waals surface area contributed by atoms with Gasteiger partial charge in [-0.25, -0.2) is 4.98 Å². The van der Waals surface area contributed by atoms with E-state index in [1.807, 2.05) is 19.1 Å². The lowest BCUT2D eigenvalue weighted by atomic mass is 10.1. The first kappa shape index (κ1) is 10.9. The smallest absolute Gasteiger partial charge is 0.170 e. The number of ketones is 1. The van der Waals surface area contributed by atoms with Crippen molar-refractivity contribution < 1.29 is 4.79 Å². The Hall–Kier alpha value is -1.61.